The van der Waals surface area contributed by atoms with Crippen LogP contribution in [0.15, 0.2) is 65.8 Å². The van der Waals surface area contributed by atoms with E-state index in [0.29, 0.717) is 34.4 Å². The second-order valence-corrected chi connectivity index (χ2v) is 5.92. The number of ether oxygens (including phenoxy) is 3. The number of anilines is 1. The summed E-state index contributed by atoms with van der Waals surface area (Å²) in [6, 6.07) is 14.7. The van der Waals surface area contributed by atoms with Crippen molar-refractivity contribution in [1.29, 1.82) is 0 Å². The van der Waals surface area contributed by atoms with Crippen LogP contribution in [-0.4, -0.2) is 25.2 Å². The number of benzene rings is 2. The van der Waals surface area contributed by atoms with E-state index in [0.717, 1.165) is 0 Å². The van der Waals surface area contributed by atoms with Crippen molar-refractivity contribution in [2.45, 2.75) is 6.54 Å². The molecular weight excluding hydrogens is 375 g/mol. The van der Waals surface area contributed by atoms with Gasteiger partial charge in [-0.3, -0.25) is 0 Å². The number of pyridine rings is 1. The Bertz CT molecular complexity index is 1010. The van der Waals surface area contributed by atoms with Gasteiger partial charge in [-0.2, -0.15) is 0 Å². The minimum Gasteiger partial charge on any atom is -0.497 e. The Hall–Kier alpha value is -3.81. The Morgan fingerprint density at radius 3 is 2.69 bits per heavy atom. The van der Waals surface area contributed by atoms with Crippen LogP contribution in [0.1, 0.15) is 5.56 Å². The average molecular weight is 396 g/mol. The molecule has 150 valence electrons. The number of aliphatic imine (C=N–C) groups is 1. The molecule has 2 aromatic carbocycles. The van der Waals surface area contributed by atoms with Gasteiger partial charge in [-0.25, -0.2) is 14.4 Å². The molecule has 0 atom stereocenters. The lowest BCUT2D eigenvalue weighted by molar-refractivity contribution is 0.405. The monoisotopic (exact) mass is 396 g/mol. The number of nitrogens with two attached hydrogens (primary N) is 1. The number of hydrogen-bond acceptors (Lipinski definition) is 5. The lowest BCUT2D eigenvalue weighted by atomic mass is 10.2. The zero-order valence-electron chi connectivity index (χ0n) is 16.1. The first kappa shape index (κ1) is 19.9. The zero-order chi connectivity index (χ0) is 20.6. The molecule has 0 saturated carbocycles. The number of nitrogens with one attached hydrogen (secondary N) is 1. The Morgan fingerprint density at radius 1 is 1.07 bits per heavy atom. The Kier molecular flexibility index (Phi) is 6.47. The average Bonchev–Trinajstić information content (AvgIpc) is 2.73. The third-order valence-electron chi connectivity index (χ3n) is 3.95. The van der Waals surface area contributed by atoms with Crippen LogP contribution in [0.5, 0.6) is 23.1 Å². The predicted molar refractivity (Wildman–Crippen MR) is 109 cm³/mol. The van der Waals surface area contributed by atoms with Gasteiger partial charge >= 0.3 is 0 Å². The van der Waals surface area contributed by atoms with E-state index in [4.69, 9.17) is 19.9 Å². The molecule has 1 heterocycles. The van der Waals surface area contributed by atoms with Crippen LogP contribution < -0.4 is 25.3 Å². The van der Waals surface area contributed by atoms with Crippen LogP contribution in [0.2, 0.25) is 0 Å². The molecule has 8 heteroatoms. The fourth-order valence-electron chi connectivity index (χ4n) is 2.54. The number of guanidine groups is 1. The van der Waals surface area contributed by atoms with Gasteiger partial charge in [0.05, 0.1) is 26.5 Å². The normalized spacial score (nSPS) is 11.1. The molecule has 0 spiro atoms. The maximum Gasteiger partial charge on any atom is 0.224 e. The van der Waals surface area contributed by atoms with E-state index in [1.165, 1.54) is 12.1 Å². The summed E-state index contributed by atoms with van der Waals surface area (Å²) in [5, 5.41) is 2.99. The van der Waals surface area contributed by atoms with E-state index in [2.05, 4.69) is 15.3 Å². The summed E-state index contributed by atoms with van der Waals surface area (Å²) in [5.41, 5.74) is 7.34. The molecule has 3 N–H and O–H groups in total. The van der Waals surface area contributed by atoms with Gasteiger partial charge in [0.25, 0.3) is 0 Å². The van der Waals surface area contributed by atoms with Crippen molar-refractivity contribution in [3.8, 4) is 23.1 Å². The van der Waals surface area contributed by atoms with Gasteiger partial charge in [0.1, 0.15) is 23.1 Å². The molecule has 0 aliphatic carbocycles. The third kappa shape index (κ3) is 5.35. The number of nitrogens with zero attached hydrogens (tertiary/aromatic N) is 2. The van der Waals surface area contributed by atoms with E-state index in [1.807, 2.05) is 6.07 Å². The molecule has 0 amide bonds. The fourth-order valence-corrected chi connectivity index (χ4v) is 2.54. The number of rotatable bonds is 7. The molecule has 0 fully saturated rings. The number of halogens is 1. The minimum absolute atomic E-state index is 0.178. The van der Waals surface area contributed by atoms with E-state index in [1.54, 1.807) is 56.8 Å². The van der Waals surface area contributed by atoms with E-state index < -0.39 is 5.82 Å². The van der Waals surface area contributed by atoms with Crippen LogP contribution in [0, 0.1) is 5.82 Å². The number of hydrogen-bond donors (Lipinski definition) is 2. The summed E-state index contributed by atoms with van der Waals surface area (Å²) in [6.07, 6.45) is 1.59. The molecule has 0 unspecified atom stereocenters. The molecule has 0 radical (unpaired) electrons. The fraction of sp³-hybridized carbons (Fsp3) is 0.143. The summed E-state index contributed by atoms with van der Waals surface area (Å²) in [5.74, 6) is 1.71. The second-order valence-electron chi connectivity index (χ2n) is 5.92. The van der Waals surface area contributed by atoms with Crippen LogP contribution in [-0.2, 0) is 6.54 Å². The van der Waals surface area contributed by atoms with Crippen LogP contribution >= 0.6 is 0 Å². The SMILES string of the molecule is COc1ccc(OC)c(NC(N)=NCc2cccnc2Oc2cccc(F)c2)c1. The van der Waals surface area contributed by atoms with Gasteiger partial charge in [-0.05, 0) is 30.3 Å². The van der Waals surface area contributed by atoms with Gasteiger partial charge in [-0.15, -0.1) is 0 Å². The van der Waals surface area contributed by atoms with Crippen molar-refractivity contribution < 1.29 is 18.6 Å². The summed E-state index contributed by atoms with van der Waals surface area (Å²) >= 11 is 0. The third-order valence-corrected chi connectivity index (χ3v) is 3.95. The quantitative estimate of drug-likeness (QED) is 0.464. The van der Waals surface area contributed by atoms with Crippen LogP contribution in [0.3, 0.4) is 0 Å². The highest BCUT2D eigenvalue weighted by molar-refractivity contribution is 5.94. The molecular formula is C21H21FN4O3. The number of aromatic nitrogens is 1. The molecule has 7 nitrogen and oxygen atoms in total. The van der Waals surface area contributed by atoms with Crippen molar-refractivity contribution in [2.24, 2.45) is 10.7 Å². The van der Waals surface area contributed by atoms with Crippen molar-refractivity contribution in [1.82, 2.24) is 4.98 Å². The Balaban J connectivity index is 1.75. The summed E-state index contributed by atoms with van der Waals surface area (Å²) in [7, 11) is 3.14. The molecule has 0 bridgehead atoms. The lowest BCUT2D eigenvalue weighted by Gasteiger charge is -2.12. The Labute approximate surface area is 168 Å². The van der Waals surface area contributed by atoms with E-state index in [9.17, 15) is 4.39 Å². The van der Waals surface area contributed by atoms with Crippen molar-refractivity contribution in [3.63, 3.8) is 0 Å². The Morgan fingerprint density at radius 2 is 1.93 bits per heavy atom. The highest BCUT2D eigenvalue weighted by Gasteiger charge is 2.09. The maximum atomic E-state index is 13.4. The first-order valence-corrected chi connectivity index (χ1v) is 8.75. The molecule has 1 aromatic heterocycles. The van der Waals surface area contributed by atoms with E-state index >= 15 is 0 Å². The molecule has 0 aliphatic rings. The van der Waals surface area contributed by atoms with E-state index in [-0.39, 0.29) is 12.5 Å². The van der Waals surface area contributed by atoms with Crippen LogP contribution in [0.4, 0.5) is 10.1 Å². The first-order valence-electron chi connectivity index (χ1n) is 8.75. The van der Waals surface area contributed by atoms with Crippen molar-refractivity contribution >= 4 is 11.6 Å². The van der Waals surface area contributed by atoms with Gasteiger partial charge in [0.2, 0.25) is 5.88 Å². The standard InChI is InChI=1S/C21H21FN4O3/c1-27-16-8-9-19(28-2)18(12-16)26-21(23)25-13-14-5-4-10-24-20(14)29-17-7-3-6-15(22)11-17/h3-12H,13H2,1-2H3,(H3,23,25,26). The highest BCUT2D eigenvalue weighted by Crippen LogP contribution is 2.29. The van der Waals surface area contributed by atoms with Crippen molar-refractivity contribution in [3.05, 3.63) is 72.2 Å². The first-order chi connectivity index (χ1) is 14.1. The van der Waals surface area contributed by atoms with Gasteiger partial charge in [-0.1, -0.05) is 12.1 Å². The highest BCUT2D eigenvalue weighted by atomic mass is 19.1. The topological polar surface area (TPSA) is 91.0 Å². The minimum atomic E-state index is -0.390. The molecule has 3 rings (SSSR count). The largest absolute Gasteiger partial charge is 0.497 e. The lowest BCUT2D eigenvalue weighted by Crippen LogP contribution is -2.23. The van der Waals surface area contributed by atoms with Crippen molar-refractivity contribution in [2.75, 3.05) is 19.5 Å². The molecule has 29 heavy (non-hydrogen) atoms. The summed E-state index contributed by atoms with van der Waals surface area (Å²) in [6.45, 7) is 0.212. The van der Waals surface area contributed by atoms with Gasteiger partial charge in [0, 0.05) is 23.9 Å². The maximum absolute atomic E-state index is 13.4. The van der Waals surface area contributed by atoms with Crippen LogP contribution in [0.25, 0.3) is 0 Å². The number of methoxy groups -OCH3 is 2. The smallest absolute Gasteiger partial charge is 0.224 e. The summed E-state index contributed by atoms with van der Waals surface area (Å²) < 4.78 is 29.6. The zero-order valence-corrected chi connectivity index (χ0v) is 16.1. The second kappa shape index (κ2) is 9.41. The predicted octanol–water partition coefficient (Wildman–Crippen LogP) is 3.96. The molecule has 0 saturated heterocycles. The molecule has 0 aliphatic heterocycles. The van der Waals surface area contributed by atoms with Gasteiger partial charge < -0.3 is 25.3 Å². The molecule has 3 aromatic rings. The summed E-state index contributed by atoms with van der Waals surface area (Å²) in [4.78, 5) is 8.54. The van der Waals surface area contributed by atoms with Gasteiger partial charge in [0.15, 0.2) is 5.96 Å².